The second kappa shape index (κ2) is 5.78. The van der Waals surface area contributed by atoms with Crippen LogP contribution in [-0.4, -0.2) is 22.5 Å². The SMILES string of the molecule is CC1=C2[C@@H](CC1=O)C[C@]1(O)[C@@H](C(=O)OCc3ccccc3)CC(C)(C)[C@H]21. The minimum absolute atomic E-state index is 0.0847. The molecule has 1 aromatic rings. The Kier molecular flexibility index (Phi) is 3.88. The Labute approximate surface area is 154 Å². The fourth-order valence-corrected chi connectivity index (χ4v) is 5.75. The van der Waals surface area contributed by atoms with Gasteiger partial charge in [0.2, 0.25) is 0 Å². The van der Waals surface area contributed by atoms with Crippen molar-refractivity contribution >= 4 is 11.8 Å². The van der Waals surface area contributed by atoms with E-state index in [2.05, 4.69) is 13.8 Å². The number of benzene rings is 1. The normalized spacial score (nSPS) is 34.8. The molecule has 26 heavy (non-hydrogen) atoms. The highest BCUT2D eigenvalue weighted by Crippen LogP contribution is 2.66. The summed E-state index contributed by atoms with van der Waals surface area (Å²) in [7, 11) is 0. The van der Waals surface area contributed by atoms with Crippen molar-refractivity contribution < 1.29 is 19.4 Å². The summed E-state index contributed by atoms with van der Waals surface area (Å²) < 4.78 is 5.57. The van der Waals surface area contributed by atoms with Gasteiger partial charge in [-0.2, -0.15) is 0 Å². The van der Waals surface area contributed by atoms with Gasteiger partial charge in [-0.25, -0.2) is 0 Å². The number of carbonyl (C=O) groups is 2. The molecule has 0 heterocycles. The van der Waals surface area contributed by atoms with Crippen LogP contribution in [0.1, 0.15) is 45.6 Å². The fraction of sp³-hybridized carbons (Fsp3) is 0.545. The van der Waals surface area contributed by atoms with Crippen molar-refractivity contribution in [1.82, 2.24) is 0 Å². The van der Waals surface area contributed by atoms with Gasteiger partial charge in [0.05, 0.1) is 11.5 Å². The smallest absolute Gasteiger partial charge is 0.312 e. The fourth-order valence-electron chi connectivity index (χ4n) is 5.75. The number of esters is 1. The first kappa shape index (κ1) is 17.5. The van der Waals surface area contributed by atoms with Crippen LogP contribution in [0.3, 0.4) is 0 Å². The molecule has 138 valence electrons. The molecule has 2 saturated carbocycles. The maximum absolute atomic E-state index is 12.9. The molecule has 0 amide bonds. The summed E-state index contributed by atoms with van der Waals surface area (Å²) in [6, 6.07) is 9.59. The lowest BCUT2D eigenvalue weighted by Gasteiger charge is -2.33. The highest BCUT2D eigenvalue weighted by molar-refractivity contribution is 5.99. The van der Waals surface area contributed by atoms with E-state index in [4.69, 9.17) is 4.74 Å². The highest BCUT2D eigenvalue weighted by Gasteiger charge is 2.67. The Morgan fingerprint density at radius 3 is 2.62 bits per heavy atom. The van der Waals surface area contributed by atoms with Crippen molar-refractivity contribution in [2.24, 2.45) is 23.2 Å². The van der Waals surface area contributed by atoms with Crippen LogP contribution >= 0.6 is 0 Å². The number of hydrogen-bond donors (Lipinski definition) is 1. The summed E-state index contributed by atoms with van der Waals surface area (Å²) >= 11 is 0. The molecule has 2 fully saturated rings. The molecule has 4 atom stereocenters. The van der Waals surface area contributed by atoms with Crippen molar-refractivity contribution in [1.29, 1.82) is 0 Å². The van der Waals surface area contributed by atoms with Gasteiger partial charge >= 0.3 is 5.97 Å². The zero-order valence-corrected chi connectivity index (χ0v) is 15.6. The van der Waals surface area contributed by atoms with Crippen LogP contribution < -0.4 is 0 Å². The zero-order valence-electron chi connectivity index (χ0n) is 15.6. The minimum atomic E-state index is -1.10. The van der Waals surface area contributed by atoms with Crippen molar-refractivity contribution in [2.75, 3.05) is 0 Å². The molecular formula is C22H26O4. The predicted molar refractivity (Wildman–Crippen MR) is 97.0 cm³/mol. The van der Waals surface area contributed by atoms with Gasteiger partial charge in [-0.15, -0.1) is 0 Å². The number of fused-ring (bicyclic) bond motifs is 3. The Balaban J connectivity index is 1.59. The Bertz CT molecular complexity index is 792. The van der Waals surface area contributed by atoms with Crippen LogP contribution in [0.25, 0.3) is 0 Å². The molecule has 0 unspecified atom stereocenters. The van der Waals surface area contributed by atoms with Crippen molar-refractivity contribution in [3.05, 3.63) is 47.0 Å². The van der Waals surface area contributed by atoms with E-state index in [0.29, 0.717) is 19.3 Å². The van der Waals surface area contributed by atoms with Gasteiger partial charge in [0.1, 0.15) is 6.61 Å². The number of allylic oxidation sites excluding steroid dienone is 1. The second-order valence-electron chi connectivity index (χ2n) is 8.87. The van der Waals surface area contributed by atoms with E-state index >= 15 is 0 Å². The maximum Gasteiger partial charge on any atom is 0.312 e. The van der Waals surface area contributed by atoms with Gasteiger partial charge in [-0.1, -0.05) is 49.8 Å². The van der Waals surface area contributed by atoms with Crippen LogP contribution in [0, 0.1) is 23.2 Å². The topological polar surface area (TPSA) is 63.6 Å². The zero-order chi connectivity index (χ0) is 18.7. The monoisotopic (exact) mass is 354 g/mol. The van der Waals surface area contributed by atoms with Crippen LogP contribution in [0.5, 0.6) is 0 Å². The van der Waals surface area contributed by atoms with E-state index < -0.39 is 11.5 Å². The van der Waals surface area contributed by atoms with Gasteiger partial charge in [-0.3, -0.25) is 9.59 Å². The number of ketones is 1. The molecular weight excluding hydrogens is 328 g/mol. The predicted octanol–water partition coefficient (Wildman–Crippen LogP) is 3.43. The average Bonchev–Trinajstić information content (AvgIpc) is 3.11. The third kappa shape index (κ3) is 2.46. The summed E-state index contributed by atoms with van der Waals surface area (Å²) in [5.74, 6) is -0.719. The minimum Gasteiger partial charge on any atom is -0.461 e. The van der Waals surface area contributed by atoms with E-state index in [9.17, 15) is 14.7 Å². The van der Waals surface area contributed by atoms with Crippen molar-refractivity contribution in [2.45, 2.75) is 52.2 Å². The lowest BCUT2D eigenvalue weighted by molar-refractivity contribution is -0.159. The number of hydrogen-bond acceptors (Lipinski definition) is 4. The standard InChI is InChI=1S/C22H26O4/c1-13-17(23)9-15-10-22(25)16(11-21(2,3)19(22)18(13)15)20(24)26-12-14-7-5-4-6-8-14/h4-8,15-16,19,25H,9-12H2,1-3H3/t15-,16+,19-,22-/m0/s1. The molecule has 1 N–H and O–H groups in total. The average molecular weight is 354 g/mol. The third-order valence-corrected chi connectivity index (χ3v) is 6.73. The molecule has 4 heteroatoms. The Morgan fingerprint density at radius 1 is 1.23 bits per heavy atom. The number of Topliss-reactive ketones (excluding diaryl/α,β-unsaturated/α-hetero) is 1. The maximum atomic E-state index is 12.9. The molecule has 0 radical (unpaired) electrons. The lowest BCUT2D eigenvalue weighted by atomic mass is 9.75. The number of ether oxygens (including phenoxy) is 1. The van der Waals surface area contributed by atoms with Crippen LogP contribution in [-0.2, 0) is 20.9 Å². The van der Waals surface area contributed by atoms with Crippen LogP contribution in [0.4, 0.5) is 0 Å². The van der Waals surface area contributed by atoms with E-state index in [1.807, 2.05) is 37.3 Å². The van der Waals surface area contributed by atoms with Crippen LogP contribution in [0.2, 0.25) is 0 Å². The molecule has 0 saturated heterocycles. The first-order valence-electron chi connectivity index (χ1n) is 9.41. The van der Waals surface area contributed by atoms with Gasteiger partial charge < -0.3 is 9.84 Å². The van der Waals surface area contributed by atoms with Gasteiger partial charge in [0.25, 0.3) is 0 Å². The number of aliphatic hydroxyl groups is 1. The lowest BCUT2D eigenvalue weighted by Crippen LogP contribution is -2.42. The number of rotatable bonds is 3. The Hall–Kier alpha value is -1.94. The summed E-state index contributed by atoms with van der Waals surface area (Å²) in [6.45, 7) is 6.29. The molecule has 0 aromatic heterocycles. The van der Waals surface area contributed by atoms with E-state index in [-0.39, 0.29) is 35.6 Å². The summed E-state index contributed by atoms with van der Waals surface area (Å²) in [5.41, 5.74) is 1.51. The summed E-state index contributed by atoms with van der Waals surface area (Å²) in [4.78, 5) is 25.0. The largest absolute Gasteiger partial charge is 0.461 e. The van der Waals surface area contributed by atoms with Crippen LogP contribution in [0.15, 0.2) is 41.5 Å². The molecule has 3 aliphatic carbocycles. The van der Waals surface area contributed by atoms with Crippen molar-refractivity contribution in [3.8, 4) is 0 Å². The van der Waals surface area contributed by atoms with E-state index in [0.717, 1.165) is 16.7 Å². The highest BCUT2D eigenvalue weighted by atomic mass is 16.5. The van der Waals surface area contributed by atoms with Crippen molar-refractivity contribution in [3.63, 3.8) is 0 Å². The summed E-state index contributed by atoms with van der Waals surface area (Å²) in [5, 5.41) is 11.6. The van der Waals surface area contributed by atoms with Gasteiger partial charge in [-0.05, 0) is 42.2 Å². The van der Waals surface area contributed by atoms with Gasteiger partial charge in [0, 0.05) is 12.3 Å². The molecule has 1 aromatic carbocycles. The molecule has 0 aliphatic heterocycles. The molecule has 0 spiro atoms. The third-order valence-electron chi connectivity index (χ3n) is 6.73. The number of carbonyl (C=O) groups excluding carboxylic acids is 2. The quantitative estimate of drug-likeness (QED) is 0.845. The molecule has 0 bridgehead atoms. The van der Waals surface area contributed by atoms with E-state index in [1.165, 1.54) is 0 Å². The first-order chi connectivity index (χ1) is 12.2. The Morgan fingerprint density at radius 2 is 1.92 bits per heavy atom. The van der Waals surface area contributed by atoms with Gasteiger partial charge in [0.15, 0.2) is 5.78 Å². The molecule has 3 aliphatic rings. The second-order valence-corrected chi connectivity index (χ2v) is 8.87. The molecule has 4 nitrogen and oxygen atoms in total. The first-order valence-corrected chi connectivity index (χ1v) is 9.41. The van der Waals surface area contributed by atoms with E-state index in [1.54, 1.807) is 0 Å². The summed E-state index contributed by atoms with van der Waals surface area (Å²) in [6.07, 6.45) is 1.55. The molecule has 4 rings (SSSR count).